The van der Waals surface area contributed by atoms with Gasteiger partial charge in [0.05, 0.1) is 5.25 Å². The van der Waals surface area contributed by atoms with E-state index in [4.69, 9.17) is 0 Å². The Morgan fingerprint density at radius 3 is 2.94 bits per heavy atom. The zero-order chi connectivity index (χ0) is 12.3. The number of Topliss-reactive ketones (excluding diaryl/α,β-unsaturated/α-hetero) is 1. The molecule has 0 radical (unpaired) electrons. The quantitative estimate of drug-likeness (QED) is 0.788. The van der Waals surface area contributed by atoms with Crippen molar-refractivity contribution < 1.29 is 4.79 Å². The summed E-state index contributed by atoms with van der Waals surface area (Å²) in [7, 11) is 0. The SMILES string of the molecule is CCC1SCCSC1C(=O)c1nccn1CC. The molecule has 1 aliphatic heterocycles. The van der Waals surface area contributed by atoms with E-state index >= 15 is 0 Å². The highest BCUT2D eigenvalue weighted by Gasteiger charge is 2.33. The Labute approximate surface area is 111 Å². The van der Waals surface area contributed by atoms with E-state index in [2.05, 4.69) is 11.9 Å². The summed E-state index contributed by atoms with van der Waals surface area (Å²) in [6.45, 7) is 5.01. The second kappa shape index (κ2) is 5.96. The van der Waals surface area contributed by atoms with E-state index in [1.54, 1.807) is 18.0 Å². The molecule has 1 aliphatic rings. The van der Waals surface area contributed by atoms with Gasteiger partial charge in [-0.2, -0.15) is 11.8 Å². The molecule has 2 unspecified atom stereocenters. The Kier molecular flexibility index (Phi) is 4.56. The van der Waals surface area contributed by atoms with Gasteiger partial charge in [-0.1, -0.05) is 6.92 Å². The number of hydrogen-bond acceptors (Lipinski definition) is 4. The van der Waals surface area contributed by atoms with Gasteiger partial charge in [-0.25, -0.2) is 4.98 Å². The van der Waals surface area contributed by atoms with Crippen LogP contribution in [0.1, 0.15) is 30.9 Å². The van der Waals surface area contributed by atoms with Gasteiger partial charge < -0.3 is 4.57 Å². The van der Waals surface area contributed by atoms with Crippen LogP contribution in [0.15, 0.2) is 12.4 Å². The van der Waals surface area contributed by atoms with Gasteiger partial charge in [0.25, 0.3) is 0 Å². The molecule has 1 aromatic heterocycles. The number of aryl methyl sites for hydroxylation is 1. The second-order valence-corrected chi connectivity index (χ2v) is 6.61. The van der Waals surface area contributed by atoms with Crippen LogP contribution in [0, 0.1) is 0 Å². The number of aromatic nitrogens is 2. The minimum atomic E-state index is 0.0893. The standard InChI is InChI=1S/C12H18N2OS2/c1-3-9-11(17-8-7-16-9)10(15)12-13-5-6-14(12)4-2/h5-6,9,11H,3-4,7-8H2,1-2H3. The fourth-order valence-electron chi connectivity index (χ4n) is 2.06. The maximum atomic E-state index is 12.5. The third-order valence-electron chi connectivity index (χ3n) is 2.99. The molecule has 0 N–H and O–H groups in total. The van der Waals surface area contributed by atoms with Crippen molar-refractivity contribution in [2.24, 2.45) is 0 Å². The van der Waals surface area contributed by atoms with Crippen LogP contribution in [0.4, 0.5) is 0 Å². The van der Waals surface area contributed by atoms with Crippen LogP contribution < -0.4 is 0 Å². The number of thioether (sulfide) groups is 2. The molecule has 0 amide bonds. The number of ketones is 1. The fourth-order valence-corrected chi connectivity index (χ4v) is 5.06. The van der Waals surface area contributed by atoms with E-state index in [0.717, 1.165) is 24.5 Å². The van der Waals surface area contributed by atoms with E-state index in [9.17, 15) is 4.79 Å². The van der Waals surface area contributed by atoms with Crippen LogP contribution >= 0.6 is 23.5 Å². The second-order valence-electron chi connectivity index (χ2n) is 4.01. The van der Waals surface area contributed by atoms with Gasteiger partial charge >= 0.3 is 0 Å². The van der Waals surface area contributed by atoms with Crippen LogP contribution in [-0.2, 0) is 6.54 Å². The summed E-state index contributed by atoms with van der Waals surface area (Å²) in [4.78, 5) is 16.7. The largest absolute Gasteiger partial charge is 0.329 e. The third kappa shape index (κ3) is 2.71. The molecular formula is C12H18N2OS2. The van der Waals surface area contributed by atoms with E-state index in [1.807, 2.05) is 29.4 Å². The number of carbonyl (C=O) groups is 1. The Morgan fingerprint density at radius 2 is 2.24 bits per heavy atom. The predicted molar refractivity (Wildman–Crippen MR) is 75.0 cm³/mol. The highest BCUT2D eigenvalue weighted by Crippen LogP contribution is 2.34. The number of imidazole rings is 1. The molecule has 2 rings (SSSR count). The van der Waals surface area contributed by atoms with Crippen molar-refractivity contribution in [1.29, 1.82) is 0 Å². The van der Waals surface area contributed by atoms with Crippen molar-refractivity contribution in [3.63, 3.8) is 0 Å². The highest BCUT2D eigenvalue weighted by molar-refractivity contribution is 8.07. The zero-order valence-electron chi connectivity index (χ0n) is 10.3. The maximum absolute atomic E-state index is 12.5. The zero-order valence-corrected chi connectivity index (χ0v) is 11.9. The first kappa shape index (κ1) is 13.0. The summed E-state index contributed by atoms with van der Waals surface area (Å²) >= 11 is 3.73. The summed E-state index contributed by atoms with van der Waals surface area (Å²) in [5, 5.41) is 0.537. The number of carbonyl (C=O) groups excluding carboxylic acids is 1. The molecule has 1 aromatic rings. The summed E-state index contributed by atoms with van der Waals surface area (Å²) in [5.74, 6) is 3.08. The maximum Gasteiger partial charge on any atom is 0.212 e. The average Bonchev–Trinajstić information content (AvgIpc) is 2.86. The lowest BCUT2D eigenvalue weighted by atomic mass is 10.1. The first-order valence-electron chi connectivity index (χ1n) is 6.06. The summed E-state index contributed by atoms with van der Waals surface area (Å²) in [6, 6.07) is 0. The number of rotatable bonds is 4. The molecule has 0 spiro atoms. The normalized spacial score (nSPS) is 24.8. The van der Waals surface area contributed by atoms with Crippen molar-refractivity contribution in [3.8, 4) is 0 Å². The monoisotopic (exact) mass is 270 g/mol. The Bertz CT molecular complexity index is 392. The molecule has 94 valence electrons. The number of nitrogens with zero attached hydrogens (tertiary/aromatic N) is 2. The van der Waals surface area contributed by atoms with Gasteiger partial charge in [0.1, 0.15) is 0 Å². The Balaban J connectivity index is 2.18. The van der Waals surface area contributed by atoms with Gasteiger partial charge in [0.15, 0.2) is 5.82 Å². The summed E-state index contributed by atoms with van der Waals surface area (Å²) in [6.07, 6.45) is 4.66. The predicted octanol–water partition coefficient (Wildman–Crippen LogP) is 2.71. The van der Waals surface area contributed by atoms with Crippen molar-refractivity contribution in [1.82, 2.24) is 9.55 Å². The Morgan fingerprint density at radius 1 is 1.47 bits per heavy atom. The molecule has 0 saturated carbocycles. The van der Waals surface area contributed by atoms with E-state index in [-0.39, 0.29) is 11.0 Å². The van der Waals surface area contributed by atoms with Gasteiger partial charge in [-0.3, -0.25) is 4.79 Å². The smallest absolute Gasteiger partial charge is 0.212 e. The molecule has 0 bridgehead atoms. The van der Waals surface area contributed by atoms with E-state index in [1.165, 1.54) is 0 Å². The minimum Gasteiger partial charge on any atom is -0.329 e. The molecule has 2 heterocycles. The highest BCUT2D eigenvalue weighted by atomic mass is 32.2. The van der Waals surface area contributed by atoms with Gasteiger partial charge in [-0.05, 0) is 13.3 Å². The van der Waals surface area contributed by atoms with Gasteiger partial charge in [-0.15, -0.1) is 11.8 Å². The molecule has 17 heavy (non-hydrogen) atoms. The molecule has 1 saturated heterocycles. The lowest BCUT2D eigenvalue weighted by Crippen LogP contribution is -2.34. The molecule has 0 aliphatic carbocycles. The third-order valence-corrected chi connectivity index (χ3v) is 6.23. The lowest BCUT2D eigenvalue weighted by Gasteiger charge is -2.28. The summed E-state index contributed by atoms with van der Waals surface area (Å²) in [5.41, 5.74) is 0. The molecule has 5 heteroatoms. The molecule has 1 fully saturated rings. The van der Waals surface area contributed by atoms with Crippen molar-refractivity contribution in [2.75, 3.05) is 11.5 Å². The number of hydrogen-bond donors (Lipinski definition) is 0. The van der Waals surface area contributed by atoms with Crippen molar-refractivity contribution in [3.05, 3.63) is 18.2 Å². The molecule has 3 nitrogen and oxygen atoms in total. The van der Waals surface area contributed by atoms with Crippen LogP contribution in [0.5, 0.6) is 0 Å². The first-order valence-corrected chi connectivity index (χ1v) is 8.16. The molecule has 0 aromatic carbocycles. The fraction of sp³-hybridized carbons (Fsp3) is 0.667. The van der Waals surface area contributed by atoms with E-state index < -0.39 is 0 Å². The van der Waals surface area contributed by atoms with Crippen LogP contribution in [0.2, 0.25) is 0 Å². The van der Waals surface area contributed by atoms with Crippen LogP contribution in [0.25, 0.3) is 0 Å². The van der Waals surface area contributed by atoms with Gasteiger partial charge in [0.2, 0.25) is 5.78 Å². The van der Waals surface area contributed by atoms with Crippen LogP contribution in [-0.4, -0.2) is 37.3 Å². The molecule has 2 atom stereocenters. The topological polar surface area (TPSA) is 34.9 Å². The van der Waals surface area contributed by atoms with Crippen LogP contribution in [0.3, 0.4) is 0 Å². The van der Waals surface area contributed by atoms with Crippen molar-refractivity contribution in [2.45, 2.75) is 37.3 Å². The van der Waals surface area contributed by atoms with Crippen molar-refractivity contribution >= 4 is 29.3 Å². The lowest BCUT2D eigenvalue weighted by molar-refractivity contribution is 0.0974. The average molecular weight is 270 g/mol. The summed E-state index contributed by atoms with van der Waals surface area (Å²) < 4.78 is 1.94. The minimum absolute atomic E-state index is 0.0893. The van der Waals surface area contributed by atoms with Gasteiger partial charge in [0, 0.05) is 35.7 Å². The van der Waals surface area contributed by atoms with E-state index in [0.29, 0.717) is 11.1 Å². The molecular weight excluding hydrogens is 252 g/mol. The Hall–Kier alpha value is -0.420. The first-order chi connectivity index (χ1) is 8.27.